The molecule has 0 fully saturated rings. The highest BCUT2D eigenvalue weighted by Crippen LogP contribution is 2.41. The van der Waals surface area contributed by atoms with Crippen molar-refractivity contribution in [2.45, 2.75) is 26.2 Å². The lowest BCUT2D eigenvalue weighted by molar-refractivity contribution is 0.586. The van der Waals surface area contributed by atoms with Crippen LogP contribution in [0, 0.1) is 0 Å². The number of nitrogens with two attached hydrogens (primary N) is 1. The van der Waals surface area contributed by atoms with Gasteiger partial charge in [-0.1, -0.05) is 50.0 Å². The van der Waals surface area contributed by atoms with Crippen LogP contribution in [0.25, 0.3) is 11.3 Å². The molecule has 2 nitrogen and oxygen atoms in total. The van der Waals surface area contributed by atoms with Crippen LogP contribution in [0.5, 0.6) is 0 Å². The van der Waals surface area contributed by atoms with Crippen molar-refractivity contribution in [1.29, 1.82) is 0 Å². The number of anilines is 1. The molecule has 0 atom stereocenters. The summed E-state index contributed by atoms with van der Waals surface area (Å²) < 4.78 is 0. The number of hydrogen-bond donors (Lipinski definition) is 1. The molecule has 5 heteroatoms. The Morgan fingerprint density at radius 3 is 2.17 bits per heavy atom. The van der Waals surface area contributed by atoms with Crippen molar-refractivity contribution >= 4 is 39.5 Å². The van der Waals surface area contributed by atoms with Crippen LogP contribution in [0.3, 0.4) is 0 Å². The predicted octanol–water partition coefficient (Wildman–Crippen LogP) is 5.00. The first-order valence-electron chi connectivity index (χ1n) is 5.52. The first kappa shape index (κ1) is 13.7. The van der Waals surface area contributed by atoms with Crippen molar-refractivity contribution in [3.8, 4) is 11.3 Å². The molecule has 1 aromatic carbocycles. The molecule has 18 heavy (non-hydrogen) atoms. The van der Waals surface area contributed by atoms with Gasteiger partial charge < -0.3 is 5.73 Å². The maximum absolute atomic E-state index is 6.18. The Morgan fingerprint density at radius 1 is 1.17 bits per heavy atom. The van der Waals surface area contributed by atoms with E-state index in [9.17, 15) is 0 Å². The van der Waals surface area contributed by atoms with Gasteiger partial charge in [-0.15, -0.1) is 11.3 Å². The summed E-state index contributed by atoms with van der Waals surface area (Å²) in [6, 6.07) is 5.39. The summed E-state index contributed by atoms with van der Waals surface area (Å²) in [5.41, 5.74) is 7.40. The molecule has 0 aliphatic carbocycles. The third kappa shape index (κ3) is 2.48. The fraction of sp³-hybridized carbons (Fsp3) is 0.308. The first-order chi connectivity index (χ1) is 8.30. The molecular weight excluding hydrogens is 287 g/mol. The fourth-order valence-electron chi connectivity index (χ4n) is 1.56. The first-order valence-corrected chi connectivity index (χ1v) is 7.09. The largest absolute Gasteiger partial charge is 0.389 e. The minimum absolute atomic E-state index is 0.0369. The molecule has 0 unspecified atom stereocenters. The van der Waals surface area contributed by atoms with E-state index in [0.29, 0.717) is 26.3 Å². The number of nitrogen functional groups attached to an aromatic ring is 1. The Kier molecular flexibility index (Phi) is 3.58. The van der Waals surface area contributed by atoms with Gasteiger partial charge in [0, 0.05) is 11.0 Å². The van der Waals surface area contributed by atoms with E-state index in [1.165, 1.54) is 11.3 Å². The van der Waals surface area contributed by atoms with Gasteiger partial charge in [-0.25, -0.2) is 4.98 Å². The van der Waals surface area contributed by atoms with Crippen LogP contribution in [0.15, 0.2) is 18.2 Å². The van der Waals surface area contributed by atoms with Crippen LogP contribution in [0.1, 0.15) is 25.8 Å². The van der Waals surface area contributed by atoms with Crippen LogP contribution in [0.4, 0.5) is 5.00 Å². The maximum atomic E-state index is 6.18. The molecule has 0 spiro atoms. The Morgan fingerprint density at radius 2 is 1.72 bits per heavy atom. The van der Waals surface area contributed by atoms with E-state index in [2.05, 4.69) is 25.8 Å². The number of rotatable bonds is 1. The highest BCUT2D eigenvalue weighted by molar-refractivity contribution is 7.16. The van der Waals surface area contributed by atoms with Gasteiger partial charge in [0.05, 0.1) is 10.0 Å². The Hall–Kier alpha value is -0.770. The van der Waals surface area contributed by atoms with Gasteiger partial charge in [-0.3, -0.25) is 0 Å². The monoisotopic (exact) mass is 300 g/mol. The molecule has 0 amide bonds. The average Bonchev–Trinajstić information content (AvgIpc) is 2.60. The number of hydrogen-bond acceptors (Lipinski definition) is 3. The summed E-state index contributed by atoms with van der Waals surface area (Å²) in [4.78, 5) is 4.60. The van der Waals surface area contributed by atoms with Crippen LogP contribution in [0.2, 0.25) is 10.0 Å². The molecule has 2 rings (SSSR count). The highest BCUT2D eigenvalue weighted by atomic mass is 35.5. The Bertz CT molecular complexity index is 565. The second-order valence-corrected chi connectivity index (χ2v) is 6.92. The summed E-state index contributed by atoms with van der Waals surface area (Å²) in [6.45, 7) is 6.30. The summed E-state index contributed by atoms with van der Waals surface area (Å²) in [7, 11) is 0. The molecule has 2 aromatic rings. The van der Waals surface area contributed by atoms with Crippen LogP contribution >= 0.6 is 34.5 Å². The SMILES string of the molecule is CC(C)(C)c1nc(-c2c(Cl)cccc2Cl)c(N)s1. The second kappa shape index (κ2) is 4.72. The van der Waals surface area contributed by atoms with Crippen molar-refractivity contribution in [3.63, 3.8) is 0 Å². The zero-order valence-electron chi connectivity index (χ0n) is 10.4. The van der Waals surface area contributed by atoms with Gasteiger partial charge in [0.1, 0.15) is 15.7 Å². The fourth-order valence-corrected chi connectivity index (χ4v) is 3.03. The third-order valence-electron chi connectivity index (χ3n) is 2.49. The van der Waals surface area contributed by atoms with E-state index in [1.807, 2.05) is 0 Å². The lowest BCUT2D eigenvalue weighted by atomic mass is 9.98. The molecular formula is C13H14Cl2N2S. The molecule has 96 valence electrons. The van der Waals surface area contributed by atoms with Crippen LogP contribution in [-0.2, 0) is 5.41 Å². The molecule has 2 N–H and O–H groups in total. The average molecular weight is 301 g/mol. The molecule has 0 radical (unpaired) electrons. The van der Waals surface area contributed by atoms with Crippen molar-refractivity contribution in [3.05, 3.63) is 33.3 Å². The molecule has 0 bridgehead atoms. The summed E-state index contributed by atoms with van der Waals surface area (Å²) in [5.74, 6) is 0. The van der Waals surface area contributed by atoms with E-state index < -0.39 is 0 Å². The zero-order valence-corrected chi connectivity index (χ0v) is 12.7. The van der Waals surface area contributed by atoms with Crippen LogP contribution < -0.4 is 5.73 Å². The molecule has 0 aliphatic rings. The molecule has 0 aliphatic heterocycles. The van der Waals surface area contributed by atoms with Gasteiger partial charge in [0.25, 0.3) is 0 Å². The third-order valence-corrected chi connectivity index (χ3v) is 4.43. The lowest BCUT2D eigenvalue weighted by Gasteiger charge is -2.13. The zero-order chi connectivity index (χ0) is 13.5. The van der Waals surface area contributed by atoms with E-state index in [0.717, 1.165) is 5.01 Å². The predicted molar refractivity (Wildman–Crippen MR) is 80.7 cm³/mol. The van der Waals surface area contributed by atoms with Gasteiger partial charge in [0.15, 0.2) is 0 Å². The Balaban J connectivity index is 2.62. The molecule has 0 saturated carbocycles. The van der Waals surface area contributed by atoms with Crippen molar-refractivity contribution in [2.24, 2.45) is 0 Å². The quantitative estimate of drug-likeness (QED) is 0.805. The maximum Gasteiger partial charge on any atom is 0.114 e. The minimum atomic E-state index is -0.0369. The molecule has 1 aromatic heterocycles. The number of nitrogens with zero attached hydrogens (tertiary/aromatic N) is 1. The van der Waals surface area contributed by atoms with E-state index in [-0.39, 0.29) is 5.41 Å². The number of benzene rings is 1. The van der Waals surface area contributed by atoms with E-state index >= 15 is 0 Å². The summed E-state index contributed by atoms with van der Waals surface area (Å²) in [5, 5.41) is 2.76. The van der Waals surface area contributed by atoms with Gasteiger partial charge in [0.2, 0.25) is 0 Å². The topological polar surface area (TPSA) is 38.9 Å². The van der Waals surface area contributed by atoms with E-state index in [1.54, 1.807) is 18.2 Å². The van der Waals surface area contributed by atoms with E-state index in [4.69, 9.17) is 28.9 Å². The Labute approximate surface area is 121 Å². The van der Waals surface area contributed by atoms with Crippen molar-refractivity contribution in [2.75, 3.05) is 5.73 Å². The minimum Gasteiger partial charge on any atom is -0.389 e. The highest BCUT2D eigenvalue weighted by Gasteiger charge is 2.23. The van der Waals surface area contributed by atoms with Gasteiger partial charge in [-0.05, 0) is 12.1 Å². The normalized spacial score (nSPS) is 11.8. The number of aromatic nitrogens is 1. The summed E-state index contributed by atoms with van der Waals surface area (Å²) >= 11 is 13.9. The van der Waals surface area contributed by atoms with Crippen LogP contribution in [-0.4, -0.2) is 4.98 Å². The number of thiazole rings is 1. The van der Waals surface area contributed by atoms with Crippen molar-refractivity contribution in [1.82, 2.24) is 4.98 Å². The molecule has 1 heterocycles. The molecule has 0 saturated heterocycles. The number of halogens is 2. The smallest absolute Gasteiger partial charge is 0.114 e. The van der Waals surface area contributed by atoms with Gasteiger partial charge >= 0.3 is 0 Å². The summed E-state index contributed by atoms with van der Waals surface area (Å²) in [6.07, 6.45) is 0. The second-order valence-electron chi connectivity index (χ2n) is 5.08. The van der Waals surface area contributed by atoms with Crippen molar-refractivity contribution < 1.29 is 0 Å². The lowest BCUT2D eigenvalue weighted by Crippen LogP contribution is -2.10. The standard InChI is InChI=1S/C13H14Cl2N2S/c1-13(2,3)12-17-10(11(16)18-12)9-7(14)5-4-6-8(9)15/h4-6H,16H2,1-3H3. The van der Waals surface area contributed by atoms with Gasteiger partial charge in [-0.2, -0.15) is 0 Å².